The van der Waals surface area contributed by atoms with Crippen LogP contribution in [-0.2, 0) is 32.7 Å². The Balaban J connectivity index is 0.000000980. The molecule has 0 saturated heterocycles. The fourth-order valence-corrected chi connectivity index (χ4v) is 1.50. The van der Waals surface area contributed by atoms with Crippen LogP contribution in [0.5, 0.6) is 0 Å². The van der Waals surface area contributed by atoms with Crippen molar-refractivity contribution < 1.29 is 37.5 Å². The van der Waals surface area contributed by atoms with E-state index in [0.29, 0.717) is 5.69 Å². The maximum atomic E-state index is 11.2. The van der Waals surface area contributed by atoms with Crippen LogP contribution >= 0.6 is 0 Å². The number of ketones is 1. The largest absolute Gasteiger partial charge is 0.478 e. The molecule has 0 fully saturated rings. The first-order valence-corrected chi connectivity index (χ1v) is 4.12. The van der Waals surface area contributed by atoms with Gasteiger partial charge in [0.25, 0.3) is 0 Å². The molecule has 0 aliphatic heterocycles. The molecule has 0 unspecified atom stereocenters. The summed E-state index contributed by atoms with van der Waals surface area (Å²) >= 11 is 0. The van der Waals surface area contributed by atoms with E-state index in [9.17, 15) is 4.79 Å². The smallest absolute Gasteiger partial charge is 0.121 e. The number of nitrogens with zero attached hydrogens (tertiary/aromatic N) is 1. The fraction of sp³-hybridized carbons (Fsp3) is 0.0909. The summed E-state index contributed by atoms with van der Waals surface area (Å²) in [4.78, 5) is 11.2. The zero-order chi connectivity index (χ0) is 9.42. The van der Waals surface area contributed by atoms with Gasteiger partial charge in [-0.25, -0.2) is 0 Å². The standard InChI is InChI=1S/C11H10NO.Y/c1-8(13)11-7-9-5-3-4-6-10(9)12(11)2;/h3-7H,2H2,1H3;/q-1;. The Morgan fingerprint density at radius 3 is 2.57 bits per heavy atom. The molecule has 0 aliphatic rings. The fourth-order valence-electron chi connectivity index (χ4n) is 1.50. The number of Topliss-reactive ketones (excluding diaryl/α,β-unsaturated/α-hetero) is 1. The molecule has 2 nitrogen and oxygen atoms in total. The minimum absolute atomic E-state index is 0. The summed E-state index contributed by atoms with van der Waals surface area (Å²) in [5.41, 5.74) is 1.65. The summed E-state index contributed by atoms with van der Waals surface area (Å²) in [5, 5.41) is 1.06. The molecule has 2 aromatic rings. The molecule has 0 bridgehead atoms. The van der Waals surface area contributed by atoms with Gasteiger partial charge in [-0.3, -0.25) is 0 Å². The number of carbonyl (C=O) groups excluding carboxylic acids is 1. The topological polar surface area (TPSA) is 22.0 Å². The Morgan fingerprint density at radius 1 is 1.36 bits per heavy atom. The zero-order valence-electron chi connectivity index (χ0n) is 8.03. The van der Waals surface area contributed by atoms with Crippen molar-refractivity contribution in [2.75, 3.05) is 0 Å². The zero-order valence-corrected chi connectivity index (χ0v) is 10.9. The first-order valence-electron chi connectivity index (χ1n) is 4.12. The Morgan fingerprint density at radius 2 is 2.00 bits per heavy atom. The van der Waals surface area contributed by atoms with Crippen molar-refractivity contribution in [3.63, 3.8) is 0 Å². The van der Waals surface area contributed by atoms with E-state index in [1.165, 1.54) is 0 Å². The van der Waals surface area contributed by atoms with E-state index in [4.69, 9.17) is 0 Å². The van der Waals surface area contributed by atoms with Crippen LogP contribution in [0.15, 0.2) is 30.3 Å². The molecule has 0 amide bonds. The Bertz CT molecular complexity index is 473. The van der Waals surface area contributed by atoms with Crippen molar-refractivity contribution in [3.05, 3.63) is 43.1 Å². The van der Waals surface area contributed by atoms with Crippen LogP contribution < -0.4 is 0 Å². The van der Waals surface area contributed by atoms with Gasteiger partial charge in [-0.2, -0.15) is 0 Å². The second kappa shape index (κ2) is 4.28. The van der Waals surface area contributed by atoms with E-state index < -0.39 is 0 Å². The molecule has 0 saturated carbocycles. The predicted octanol–water partition coefficient (Wildman–Crippen LogP) is 2.48. The van der Waals surface area contributed by atoms with Gasteiger partial charge in [0.05, 0.1) is 0 Å². The van der Waals surface area contributed by atoms with Gasteiger partial charge in [-0.1, -0.05) is 41.2 Å². The summed E-state index contributed by atoms with van der Waals surface area (Å²) < 4.78 is 1.68. The average molecular weight is 261 g/mol. The molecule has 0 N–H and O–H groups in total. The second-order valence-electron chi connectivity index (χ2n) is 3.07. The number of benzene rings is 1. The third-order valence-electron chi connectivity index (χ3n) is 2.17. The summed E-state index contributed by atoms with van der Waals surface area (Å²) in [7, 11) is 3.83. The van der Waals surface area contributed by atoms with Gasteiger partial charge >= 0.3 is 0 Å². The van der Waals surface area contributed by atoms with E-state index in [1.807, 2.05) is 30.3 Å². The second-order valence-corrected chi connectivity index (χ2v) is 3.07. The molecule has 1 aromatic carbocycles. The third-order valence-corrected chi connectivity index (χ3v) is 2.17. The number of aromatic nitrogens is 1. The summed E-state index contributed by atoms with van der Waals surface area (Å²) in [6.45, 7) is 1.55. The van der Waals surface area contributed by atoms with Gasteiger partial charge in [0.15, 0.2) is 0 Å². The number of para-hydroxylation sites is 1. The van der Waals surface area contributed by atoms with Crippen molar-refractivity contribution in [1.29, 1.82) is 0 Å². The van der Waals surface area contributed by atoms with Crippen LogP contribution in [0.3, 0.4) is 0 Å². The first-order chi connectivity index (χ1) is 6.20. The van der Waals surface area contributed by atoms with Crippen LogP contribution in [0.1, 0.15) is 17.4 Å². The molecule has 1 aromatic heterocycles. The molecule has 0 spiro atoms. The van der Waals surface area contributed by atoms with E-state index in [0.717, 1.165) is 10.9 Å². The normalized spacial score (nSPS) is 9.79. The number of hydrogen-bond donors (Lipinski definition) is 0. The van der Waals surface area contributed by atoms with Gasteiger partial charge in [0.2, 0.25) is 0 Å². The minimum Gasteiger partial charge on any atom is -0.478 e. The van der Waals surface area contributed by atoms with Crippen molar-refractivity contribution in [1.82, 2.24) is 4.57 Å². The molecular weight excluding hydrogens is 251 g/mol. The van der Waals surface area contributed by atoms with E-state index in [1.54, 1.807) is 11.5 Å². The van der Waals surface area contributed by atoms with E-state index in [-0.39, 0.29) is 38.5 Å². The van der Waals surface area contributed by atoms with E-state index in [2.05, 4.69) is 7.05 Å². The number of fused-ring (bicyclic) bond motifs is 1. The molecule has 0 aliphatic carbocycles. The maximum absolute atomic E-state index is 11.2. The molecule has 0 atom stereocenters. The van der Waals surface area contributed by atoms with Crippen molar-refractivity contribution >= 4 is 16.7 Å². The molecular formula is C11H10NOY-. The molecule has 69 valence electrons. The molecule has 1 heterocycles. The monoisotopic (exact) mass is 261 g/mol. The number of rotatable bonds is 1. The first kappa shape index (κ1) is 11.5. The van der Waals surface area contributed by atoms with Crippen LogP contribution in [-0.4, -0.2) is 10.4 Å². The van der Waals surface area contributed by atoms with Crippen LogP contribution in [0, 0.1) is 7.05 Å². The van der Waals surface area contributed by atoms with Crippen LogP contribution in [0.2, 0.25) is 0 Å². The molecule has 2 rings (SSSR count). The van der Waals surface area contributed by atoms with Gasteiger partial charge in [-0.05, 0) is 12.6 Å². The van der Waals surface area contributed by atoms with Crippen LogP contribution in [0.25, 0.3) is 10.9 Å². The van der Waals surface area contributed by atoms with Gasteiger partial charge in [0.1, 0.15) is 5.78 Å². The van der Waals surface area contributed by atoms with Crippen molar-refractivity contribution in [2.45, 2.75) is 6.92 Å². The van der Waals surface area contributed by atoms with E-state index >= 15 is 0 Å². The Kier molecular flexibility index (Phi) is 3.51. The molecule has 3 heteroatoms. The van der Waals surface area contributed by atoms with Crippen molar-refractivity contribution in [3.8, 4) is 0 Å². The summed E-state index contributed by atoms with van der Waals surface area (Å²) in [5.74, 6) is 0.0474. The van der Waals surface area contributed by atoms with Gasteiger partial charge in [-0.15, -0.1) is 7.05 Å². The third kappa shape index (κ3) is 1.77. The van der Waals surface area contributed by atoms with Gasteiger partial charge < -0.3 is 9.36 Å². The quantitative estimate of drug-likeness (QED) is 0.571. The van der Waals surface area contributed by atoms with Crippen LogP contribution in [0.4, 0.5) is 0 Å². The van der Waals surface area contributed by atoms with Gasteiger partial charge in [0, 0.05) is 32.7 Å². The summed E-state index contributed by atoms with van der Waals surface area (Å²) in [6, 6.07) is 9.68. The predicted molar refractivity (Wildman–Crippen MR) is 52.7 cm³/mol. The maximum Gasteiger partial charge on any atom is 0.121 e. The molecule has 1 radical (unpaired) electrons. The van der Waals surface area contributed by atoms with Crippen molar-refractivity contribution in [2.24, 2.45) is 0 Å². The SMILES string of the molecule is [CH2-]n1c(C(C)=O)cc2ccccc21.[Y]. The minimum atomic E-state index is 0. The molecule has 14 heavy (non-hydrogen) atoms. The number of hydrogen-bond acceptors (Lipinski definition) is 1. The summed E-state index contributed by atoms with van der Waals surface area (Å²) in [6.07, 6.45) is 0. The Hall–Kier alpha value is -0.596. The Labute approximate surface area is 108 Å². The number of carbonyl (C=O) groups is 1. The average Bonchev–Trinajstić information content (AvgIpc) is 2.45.